The molecule has 0 aromatic heterocycles. The number of methoxy groups -OCH3 is 2. The highest BCUT2D eigenvalue weighted by Gasteiger charge is 2.46. The first-order chi connectivity index (χ1) is 9.62. The second-order valence-electron chi connectivity index (χ2n) is 5.47. The van der Waals surface area contributed by atoms with Crippen molar-refractivity contribution in [3.05, 3.63) is 24.3 Å². The Labute approximate surface area is 120 Å². The predicted octanol–water partition coefficient (Wildman–Crippen LogP) is 3.23. The summed E-state index contributed by atoms with van der Waals surface area (Å²) in [5.74, 6) is 0.848. The Morgan fingerprint density at radius 2 is 2.15 bits per heavy atom. The maximum Gasteiger partial charge on any atom is 0.331 e. The van der Waals surface area contributed by atoms with Crippen LogP contribution in [0.3, 0.4) is 0 Å². The lowest BCUT2D eigenvalue weighted by Crippen LogP contribution is -2.54. The van der Waals surface area contributed by atoms with Crippen LogP contribution in [0.1, 0.15) is 32.6 Å². The molecule has 0 amide bonds. The van der Waals surface area contributed by atoms with Crippen molar-refractivity contribution in [3.8, 4) is 5.75 Å². The van der Waals surface area contributed by atoms with Gasteiger partial charge in [0.1, 0.15) is 11.3 Å². The van der Waals surface area contributed by atoms with Crippen molar-refractivity contribution in [3.63, 3.8) is 0 Å². The fraction of sp³-hybridized carbons (Fsp3) is 0.562. The number of carbonyl (C=O) groups excluding carboxylic acids is 1. The van der Waals surface area contributed by atoms with Gasteiger partial charge in [0, 0.05) is 11.8 Å². The molecular formula is C16H23NO3. The number of ether oxygens (including phenoxy) is 2. The van der Waals surface area contributed by atoms with Crippen LogP contribution in [0.2, 0.25) is 0 Å². The highest BCUT2D eigenvalue weighted by Crippen LogP contribution is 2.37. The Bertz CT molecular complexity index is 475. The highest BCUT2D eigenvalue weighted by molar-refractivity contribution is 5.85. The summed E-state index contributed by atoms with van der Waals surface area (Å²) in [5.41, 5.74) is 0.266. The van der Waals surface area contributed by atoms with Crippen LogP contribution in [0.4, 0.5) is 5.69 Å². The van der Waals surface area contributed by atoms with Gasteiger partial charge in [-0.1, -0.05) is 25.8 Å². The van der Waals surface area contributed by atoms with Crippen LogP contribution in [0.15, 0.2) is 24.3 Å². The van der Waals surface area contributed by atoms with E-state index in [1.165, 1.54) is 13.5 Å². The minimum atomic E-state index is -0.626. The summed E-state index contributed by atoms with van der Waals surface area (Å²) in [6, 6.07) is 7.67. The average Bonchev–Trinajstić information content (AvgIpc) is 2.49. The van der Waals surface area contributed by atoms with Crippen molar-refractivity contribution in [1.82, 2.24) is 0 Å². The summed E-state index contributed by atoms with van der Waals surface area (Å²) in [7, 11) is 3.09. The first kappa shape index (κ1) is 14.7. The number of benzene rings is 1. The number of hydrogen-bond acceptors (Lipinski definition) is 4. The van der Waals surface area contributed by atoms with Crippen molar-refractivity contribution in [2.24, 2.45) is 5.92 Å². The van der Waals surface area contributed by atoms with Crippen LogP contribution in [0, 0.1) is 5.92 Å². The first-order valence-corrected chi connectivity index (χ1v) is 7.13. The second kappa shape index (κ2) is 6.16. The Morgan fingerprint density at radius 3 is 2.80 bits per heavy atom. The highest BCUT2D eigenvalue weighted by atomic mass is 16.5. The summed E-state index contributed by atoms with van der Waals surface area (Å²) < 4.78 is 10.3. The summed E-state index contributed by atoms with van der Waals surface area (Å²) in [4.78, 5) is 12.3. The third kappa shape index (κ3) is 2.74. The second-order valence-corrected chi connectivity index (χ2v) is 5.47. The molecule has 0 saturated heterocycles. The Morgan fingerprint density at radius 1 is 1.35 bits per heavy atom. The van der Waals surface area contributed by atoms with Crippen LogP contribution in [0.25, 0.3) is 0 Å². The molecule has 1 aliphatic carbocycles. The van der Waals surface area contributed by atoms with Gasteiger partial charge in [-0.2, -0.15) is 0 Å². The van der Waals surface area contributed by atoms with Crippen molar-refractivity contribution < 1.29 is 14.3 Å². The molecule has 1 fully saturated rings. The van der Waals surface area contributed by atoms with E-state index in [-0.39, 0.29) is 11.9 Å². The van der Waals surface area contributed by atoms with Crippen LogP contribution < -0.4 is 10.1 Å². The van der Waals surface area contributed by atoms with E-state index in [1.54, 1.807) is 7.11 Å². The summed E-state index contributed by atoms with van der Waals surface area (Å²) in [6.45, 7) is 2.11. The molecule has 1 aromatic carbocycles. The van der Waals surface area contributed by atoms with E-state index in [1.807, 2.05) is 24.3 Å². The molecule has 110 valence electrons. The Balaban J connectivity index is 2.29. The molecule has 2 unspecified atom stereocenters. The van der Waals surface area contributed by atoms with Gasteiger partial charge in [0.2, 0.25) is 0 Å². The number of esters is 1. The lowest BCUT2D eigenvalue weighted by Gasteiger charge is -2.41. The van der Waals surface area contributed by atoms with Crippen LogP contribution in [-0.2, 0) is 9.53 Å². The summed E-state index contributed by atoms with van der Waals surface area (Å²) >= 11 is 0. The van der Waals surface area contributed by atoms with E-state index in [0.29, 0.717) is 0 Å². The van der Waals surface area contributed by atoms with Gasteiger partial charge in [-0.3, -0.25) is 0 Å². The van der Waals surface area contributed by atoms with Crippen LogP contribution in [0.5, 0.6) is 5.75 Å². The zero-order chi connectivity index (χ0) is 14.6. The standard InChI is InChI=1S/C16H23NO3/c1-12-7-4-5-10-16(12,15(18)20-3)17-13-8-6-9-14(11-13)19-2/h6,8-9,11-12,17H,4-5,7,10H2,1-3H3. The zero-order valence-electron chi connectivity index (χ0n) is 12.4. The van der Waals surface area contributed by atoms with Gasteiger partial charge in [-0.25, -0.2) is 4.79 Å². The molecule has 2 rings (SSSR count). The monoisotopic (exact) mass is 277 g/mol. The molecule has 1 saturated carbocycles. The molecular weight excluding hydrogens is 254 g/mol. The number of rotatable bonds is 4. The van der Waals surface area contributed by atoms with Crippen LogP contribution >= 0.6 is 0 Å². The molecule has 1 aromatic rings. The number of anilines is 1. The molecule has 2 atom stereocenters. The molecule has 0 bridgehead atoms. The molecule has 20 heavy (non-hydrogen) atoms. The fourth-order valence-electron chi connectivity index (χ4n) is 3.03. The largest absolute Gasteiger partial charge is 0.497 e. The molecule has 4 nitrogen and oxygen atoms in total. The van der Waals surface area contributed by atoms with Gasteiger partial charge in [0.25, 0.3) is 0 Å². The lowest BCUT2D eigenvalue weighted by atomic mass is 9.73. The number of hydrogen-bond donors (Lipinski definition) is 1. The minimum Gasteiger partial charge on any atom is -0.497 e. The van der Waals surface area contributed by atoms with E-state index in [2.05, 4.69) is 12.2 Å². The quantitative estimate of drug-likeness (QED) is 0.858. The fourth-order valence-corrected chi connectivity index (χ4v) is 3.03. The van der Waals surface area contributed by atoms with Gasteiger partial charge in [0.15, 0.2) is 0 Å². The molecule has 0 radical (unpaired) electrons. The van der Waals surface area contributed by atoms with Gasteiger partial charge in [-0.15, -0.1) is 0 Å². The Kier molecular flexibility index (Phi) is 4.53. The van der Waals surface area contributed by atoms with Crippen molar-refractivity contribution in [2.75, 3.05) is 19.5 Å². The van der Waals surface area contributed by atoms with E-state index in [9.17, 15) is 4.79 Å². The third-order valence-corrected chi connectivity index (χ3v) is 4.29. The van der Waals surface area contributed by atoms with E-state index in [4.69, 9.17) is 9.47 Å². The van der Waals surface area contributed by atoms with E-state index in [0.717, 1.165) is 30.7 Å². The molecule has 0 heterocycles. The first-order valence-electron chi connectivity index (χ1n) is 7.13. The smallest absolute Gasteiger partial charge is 0.331 e. The molecule has 4 heteroatoms. The topological polar surface area (TPSA) is 47.6 Å². The zero-order valence-corrected chi connectivity index (χ0v) is 12.4. The third-order valence-electron chi connectivity index (χ3n) is 4.29. The van der Waals surface area contributed by atoms with E-state index >= 15 is 0 Å². The predicted molar refractivity (Wildman–Crippen MR) is 79.0 cm³/mol. The molecule has 0 spiro atoms. The van der Waals surface area contributed by atoms with Crippen molar-refractivity contribution in [1.29, 1.82) is 0 Å². The minimum absolute atomic E-state index is 0.174. The molecule has 1 N–H and O–H groups in total. The van der Waals surface area contributed by atoms with Crippen LogP contribution in [-0.4, -0.2) is 25.7 Å². The maximum absolute atomic E-state index is 12.3. The lowest BCUT2D eigenvalue weighted by molar-refractivity contribution is -0.149. The number of nitrogens with one attached hydrogen (secondary N) is 1. The van der Waals surface area contributed by atoms with Gasteiger partial charge in [-0.05, 0) is 30.9 Å². The average molecular weight is 277 g/mol. The van der Waals surface area contributed by atoms with Gasteiger partial charge >= 0.3 is 5.97 Å². The normalized spacial score (nSPS) is 25.9. The molecule has 1 aliphatic rings. The van der Waals surface area contributed by atoms with E-state index < -0.39 is 5.54 Å². The summed E-state index contributed by atoms with van der Waals surface area (Å²) in [5, 5.41) is 3.42. The van der Waals surface area contributed by atoms with Crippen molar-refractivity contribution >= 4 is 11.7 Å². The number of carbonyl (C=O) groups is 1. The maximum atomic E-state index is 12.3. The van der Waals surface area contributed by atoms with Gasteiger partial charge in [0.05, 0.1) is 14.2 Å². The van der Waals surface area contributed by atoms with Crippen molar-refractivity contribution in [2.45, 2.75) is 38.1 Å². The molecule has 0 aliphatic heterocycles. The summed E-state index contributed by atoms with van der Waals surface area (Å²) in [6.07, 6.45) is 4.04. The van der Waals surface area contributed by atoms with Gasteiger partial charge < -0.3 is 14.8 Å². The Hall–Kier alpha value is -1.71. The SMILES string of the molecule is COC(=O)C1(Nc2cccc(OC)c2)CCCCC1C.